The number of nitrogens with zero attached hydrogens (tertiary/aromatic N) is 2. The fourth-order valence-electron chi connectivity index (χ4n) is 3.25. The number of hydrogen-bond acceptors (Lipinski definition) is 3. The maximum absolute atomic E-state index is 13.1. The number of aromatic nitrogens is 2. The molecule has 156 valence electrons. The molecule has 31 heavy (non-hydrogen) atoms. The highest BCUT2D eigenvalue weighted by Gasteiger charge is 2.30. The lowest BCUT2D eigenvalue weighted by molar-refractivity contribution is -0.137. The number of alkyl halides is 3. The third-order valence-corrected chi connectivity index (χ3v) is 4.72. The highest BCUT2D eigenvalue weighted by Crippen LogP contribution is 2.30. The molecule has 0 aliphatic heterocycles. The first-order chi connectivity index (χ1) is 14.8. The number of pyridine rings is 2. The van der Waals surface area contributed by atoms with Gasteiger partial charge in [-0.15, -0.1) is 0 Å². The molecule has 0 bridgehead atoms. The van der Waals surface area contributed by atoms with Gasteiger partial charge in [0.1, 0.15) is 11.2 Å². The summed E-state index contributed by atoms with van der Waals surface area (Å²) in [6, 6.07) is 18.2. The summed E-state index contributed by atoms with van der Waals surface area (Å²) in [6.07, 6.45) is -3.00. The van der Waals surface area contributed by atoms with Crippen molar-refractivity contribution in [2.24, 2.45) is 0 Å². The van der Waals surface area contributed by atoms with E-state index in [0.717, 1.165) is 17.7 Å². The summed E-state index contributed by atoms with van der Waals surface area (Å²) in [5.41, 5.74) is -0.470. The third-order valence-electron chi connectivity index (χ3n) is 4.72. The number of halogens is 3. The fraction of sp³-hybridized carbons (Fsp3) is 0.0870. The zero-order valence-corrected chi connectivity index (χ0v) is 16.1. The Labute approximate surface area is 174 Å². The van der Waals surface area contributed by atoms with Crippen molar-refractivity contribution < 1.29 is 18.0 Å². The van der Waals surface area contributed by atoms with Gasteiger partial charge in [-0.2, -0.15) is 13.2 Å². The lowest BCUT2D eigenvalue weighted by Crippen LogP contribution is -2.30. The highest BCUT2D eigenvalue weighted by molar-refractivity contribution is 6.05. The van der Waals surface area contributed by atoms with Gasteiger partial charge in [-0.3, -0.25) is 14.2 Å². The lowest BCUT2D eigenvalue weighted by atomic mass is 10.1. The van der Waals surface area contributed by atoms with Gasteiger partial charge >= 0.3 is 6.18 Å². The van der Waals surface area contributed by atoms with Crippen molar-refractivity contribution in [3.8, 4) is 0 Å². The Morgan fingerprint density at radius 2 is 1.74 bits per heavy atom. The molecule has 4 aromatic rings. The van der Waals surface area contributed by atoms with E-state index in [9.17, 15) is 22.8 Å². The molecule has 0 radical (unpaired) electrons. The van der Waals surface area contributed by atoms with Crippen LogP contribution in [0.25, 0.3) is 11.0 Å². The summed E-state index contributed by atoms with van der Waals surface area (Å²) in [7, 11) is 0. The van der Waals surface area contributed by atoms with E-state index in [0.29, 0.717) is 11.0 Å². The molecule has 2 heterocycles. The molecule has 8 heteroatoms. The maximum atomic E-state index is 13.1. The second-order valence-electron chi connectivity index (χ2n) is 6.88. The molecular formula is C23H16F3N3O2. The Morgan fingerprint density at radius 3 is 2.48 bits per heavy atom. The molecule has 0 saturated carbocycles. The quantitative estimate of drug-likeness (QED) is 0.517. The Morgan fingerprint density at radius 1 is 0.968 bits per heavy atom. The van der Waals surface area contributed by atoms with Crippen LogP contribution >= 0.6 is 0 Å². The number of benzene rings is 2. The molecule has 2 aromatic carbocycles. The zero-order chi connectivity index (χ0) is 22.0. The number of rotatable bonds is 4. The number of hydrogen-bond donors (Lipinski definition) is 1. The summed E-state index contributed by atoms with van der Waals surface area (Å²) >= 11 is 0. The van der Waals surface area contributed by atoms with Gasteiger partial charge in [0.05, 0.1) is 12.1 Å². The number of fused-ring (bicyclic) bond motifs is 1. The van der Waals surface area contributed by atoms with Crippen molar-refractivity contribution in [1.82, 2.24) is 9.55 Å². The SMILES string of the molecule is O=C(Nc1cccc(C(F)(F)F)c1)c1cc2cccnc2n(Cc2ccccc2)c1=O. The van der Waals surface area contributed by atoms with Crippen LogP contribution in [0, 0.1) is 0 Å². The molecule has 0 spiro atoms. The molecule has 0 unspecified atom stereocenters. The van der Waals surface area contributed by atoms with E-state index in [2.05, 4.69) is 10.3 Å². The van der Waals surface area contributed by atoms with E-state index in [4.69, 9.17) is 0 Å². The van der Waals surface area contributed by atoms with Crippen LogP contribution in [0.3, 0.4) is 0 Å². The van der Waals surface area contributed by atoms with Crippen molar-refractivity contribution >= 4 is 22.6 Å². The first-order valence-electron chi connectivity index (χ1n) is 9.34. The van der Waals surface area contributed by atoms with Crippen LogP contribution in [0.2, 0.25) is 0 Å². The van der Waals surface area contributed by atoms with E-state index in [1.807, 2.05) is 30.3 Å². The largest absolute Gasteiger partial charge is 0.416 e. The van der Waals surface area contributed by atoms with E-state index in [1.165, 1.54) is 22.8 Å². The van der Waals surface area contributed by atoms with Gasteiger partial charge in [0.2, 0.25) is 0 Å². The molecular weight excluding hydrogens is 407 g/mol. The summed E-state index contributed by atoms with van der Waals surface area (Å²) < 4.78 is 40.2. The summed E-state index contributed by atoms with van der Waals surface area (Å²) in [6.45, 7) is 0.192. The molecule has 0 aliphatic carbocycles. The van der Waals surface area contributed by atoms with E-state index >= 15 is 0 Å². The fourth-order valence-corrected chi connectivity index (χ4v) is 3.25. The molecule has 1 amide bonds. The minimum atomic E-state index is -4.54. The van der Waals surface area contributed by atoms with Crippen LogP contribution in [0.4, 0.5) is 18.9 Å². The Hall–Kier alpha value is -3.94. The average Bonchev–Trinajstić information content (AvgIpc) is 2.76. The van der Waals surface area contributed by atoms with Crippen molar-refractivity contribution in [3.05, 3.63) is 106 Å². The Balaban J connectivity index is 1.75. The van der Waals surface area contributed by atoms with Crippen LogP contribution in [0.5, 0.6) is 0 Å². The van der Waals surface area contributed by atoms with Gasteiger partial charge in [0.15, 0.2) is 0 Å². The normalized spacial score (nSPS) is 11.5. The number of carbonyl (C=O) groups excluding carboxylic acids is 1. The minimum absolute atomic E-state index is 0.0554. The van der Waals surface area contributed by atoms with Gasteiger partial charge in [-0.1, -0.05) is 36.4 Å². The first-order valence-corrected chi connectivity index (χ1v) is 9.34. The molecule has 5 nitrogen and oxygen atoms in total. The van der Waals surface area contributed by atoms with E-state index < -0.39 is 23.2 Å². The number of carbonyl (C=O) groups is 1. The predicted molar refractivity (Wildman–Crippen MR) is 111 cm³/mol. The molecule has 0 atom stereocenters. The molecule has 2 aromatic heterocycles. The topological polar surface area (TPSA) is 64.0 Å². The van der Waals surface area contributed by atoms with Crippen molar-refractivity contribution in [2.45, 2.75) is 12.7 Å². The Kier molecular flexibility index (Phi) is 5.29. The molecule has 0 fully saturated rings. The van der Waals surface area contributed by atoms with Crippen LogP contribution in [0.1, 0.15) is 21.5 Å². The van der Waals surface area contributed by atoms with Gasteiger partial charge < -0.3 is 5.32 Å². The Bertz CT molecular complexity index is 1320. The van der Waals surface area contributed by atoms with Crippen LogP contribution in [0.15, 0.2) is 83.8 Å². The van der Waals surface area contributed by atoms with Crippen molar-refractivity contribution in [1.29, 1.82) is 0 Å². The maximum Gasteiger partial charge on any atom is 0.416 e. The smallest absolute Gasteiger partial charge is 0.322 e. The van der Waals surface area contributed by atoms with Crippen LogP contribution < -0.4 is 10.9 Å². The van der Waals surface area contributed by atoms with Gasteiger partial charge in [0.25, 0.3) is 11.5 Å². The molecule has 1 N–H and O–H groups in total. The summed E-state index contributed by atoms with van der Waals surface area (Å²) in [5, 5.41) is 2.96. The second-order valence-corrected chi connectivity index (χ2v) is 6.88. The van der Waals surface area contributed by atoms with Crippen LogP contribution in [-0.4, -0.2) is 15.5 Å². The summed E-state index contributed by atoms with van der Waals surface area (Å²) in [5.74, 6) is -0.795. The second kappa shape index (κ2) is 8.06. The molecule has 0 aliphatic rings. The number of amides is 1. The third kappa shape index (κ3) is 4.32. The van der Waals surface area contributed by atoms with Crippen LogP contribution in [-0.2, 0) is 12.7 Å². The van der Waals surface area contributed by atoms with Crippen molar-refractivity contribution in [3.63, 3.8) is 0 Å². The lowest BCUT2D eigenvalue weighted by Gasteiger charge is -2.13. The summed E-state index contributed by atoms with van der Waals surface area (Å²) in [4.78, 5) is 30.2. The molecule has 0 saturated heterocycles. The molecule has 4 rings (SSSR count). The highest BCUT2D eigenvalue weighted by atomic mass is 19.4. The first kappa shape index (κ1) is 20.3. The number of nitrogens with one attached hydrogen (secondary N) is 1. The van der Waals surface area contributed by atoms with Gasteiger partial charge in [0, 0.05) is 17.3 Å². The average molecular weight is 423 g/mol. The van der Waals surface area contributed by atoms with E-state index in [-0.39, 0.29) is 17.8 Å². The van der Waals surface area contributed by atoms with Crippen molar-refractivity contribution in [2.75, 3.05) is 5.32 Å². The zero-order valence-electron chi connectivity index (χ0n) is 16.1. The van der Waals surface area contributed by atoms with Gasteiger partial charge in [-0.05, 0) is 42.0 Å². The monoisotopic (exact) mass is 423 g/mol. The predicted octanol–water partition coefficient (Wildman–Crippen LogP) is 4.72. The minimum Gasteiger partial charge on any atom is -0.322 e. The van der Waals surface area contributed by atoms with Gasteiger partial charge in [-0.25, -0.2) is 4.98 Å². The standard InChI is InChI=1S/C23H16F3N3O2/c24-23(25,26)17-9-4-10-18(13-17)28-21(30)19-12-16-8-5-11-27-20(16)29(22(19)31)14-15-6-2-1-3-7-15/h1-13H,14H2,(H,28,30). The van der Waals surface area contributed by atoms with E-state index in [1.54, 1.807) is 18.3 Å². The number of anilines is 1.